The Labute approximate surface area is 274 Å². The molecule has 0 radical (unpaired) electrons. The zero-order valence-corrected chi connectivity index (χ0v) is 27.8. The number of nitrogens with zero attached hydrogens (tertiary/aromatic N) is 1. The average Bonchev–Trinajstić information content (AvgIpc) is 3.41. The van der Waals surface area contributed by atoms with Crippen molar-refractivity contribution in [3.8, 4) is 5.75 Å². The molecule has 0 aliphatic heterocycles. The van der Waals surface area contributed by atoms with E-state index in [2.05, 4.69) is 15.3 Å². The van der Waals surface area contributed by atoms with E-state index in [1.54, 1.807) is 33.0 Å². The van der Waals surface area contributed by atoms with E-state index < -0.39 is 24.0 Å². The molecule has 238 valence electrons. The maximum absolute atomic E-state index is 13.3. The van der Waals surface area contributed by atoms with Gasteiger partial charge in [-0.05, 0) is 49.6 Å². The van der Waals surface area contributed by atoms with Gasteiger partial charge in [0.25, 0.3) is 0 Å². The molecule has 0 aliphatic carbocycles. The molecule has 3 aromatic carbocycles. The fourth-order valence-electron chi connectivity index (χ4n) is 4.06. The first-order chi connectivity index (χ1) is 20.6. The minimum absolute atomic E-state index is 0. The molecule has 1 heterocycles. The molecule has 44 heavy (non-hydrogen) atoms. The van der Waals surface area contributed by atoms with Gasteiger partial charge in [-0.25, -0.2) is 4.79 Å². The Hall–Kier alpha value is -3.54. The number of amides is 1. The van der Waals surface area contributed by atoms with Crippen molar-refractivity contribution in [2.75, 3.05) is 26.9 Å². The van der Waals surface area contributed by atoms with Crippen LogP contribution in [0.5, 0.6) is 5.75 Å². The molecule has 1 aromatic heterocycles. The van der Waals surface area contributed by atoms with E-state index in [1.807, 2.05) is 68.4 Å². The number of aliphatic hydroxyl groups is 3. The number of H-pyrrole nitrogens is 1. The van der Waals surface area contributed by atoms with Gasteiger partial charge in [-0.15, -0.1) is 0 Å². The summed E-state index contributed by atoms with van der Waals surface area (Å²) in [5.41, 5.74) is 2.01. The van der Waals surface area contributed by atoms with E-state index in [4.69, 9.17) is 20.1 Å². The van der Waals surface area contributed by atoms with Crippen molar-refractivity contribution in [2.45, 2.75) is 46.7 Å². The van der Waals surface area contributed by atoms with Crippen molar-refractivity contribution < 1.29 is 56.5 Å². The van der Waals surface area contributed by atoms with Gasteiger partial charge < -0.3 is 35.5 Å². The van der Waals surface area contributed by atoms with Gasteiger partial charge in [0.15, 0.2) is 6.04 Å². The predicted molar refractivity (Wildman–Crippen MR) is 171 cm³/mol. The zero-order chi connectivity index (χ0) is 32.4. The molecule has 0 unspecified atom stereocenters. The van der Waals surface area contributed by atoms with E-state index in [0.29, 0.717) is 11.1 Å². The summed E-state index contributed by atoms with van der Waals surface area (Å²) in [5, 5.41) is 38.6. The summed E-state index contributed by atoms with van der Waals surface area (Å²) in [6, 6.07) is 16.8. The van der Waals surface area contributed by atoms with Gasteiger partial charge in [0, 0.05) is 76.0 Å². The number of nitrogens with one attached hydrogen (secondary N) is 2. The van der Waals surface area contributed by atoms with Crippen LogP contribution < -0.4 is 5.32 Å². The van der Waals surface area contributed by atoms with Crippen molar-refractivity contribution in [2.24, 2.45) is 10.9 Å². The van der Waals surface area contributed by atoms with Crippen LogP contribution in [-0.2, 0) is 36.0 Å². The number of aromatic nitrogens is 1. The average molecular weight is 644 g/mol. The third kappa shape index (κ3) is 11.9. The van der Waals surface area contributed by atoms with E-state index in [-0.39, 0.29) is 53.2 Å². The van der Waals surface area contributed by atoms with Crippen molar-refractivity contribution in [3.63, 3.8) is 0 Å². The van der Waals surface area contributed by atoms with Crippen LogP contribution in [0.15, 0.2) is 71.9 Å². The first-order valence-corrected chi connectivity index (χ1v) is 14.2. The number of rotatable bonds is 7. The van der Waals surface area contributed by atoms with E-state index in [1.165, 1.54) is 13.3 Å². The van der Waals surface area contributed by atoms with Crippen LogP contribution in [-0.4, -0.2) is 76.5 Å². The van der Waals surface area contributed by atoms with Gasteiger partial charge in [0.2, 0.25) is 5.91 Å². The van der Waals surface area contributed by atoms with Crippen LogP contribution in [0.2, 0.25) is 0 Å². The SMILES string of the molecule is CCO.CCO.CCO.COC(=O)[C@@H](NC(=O)[C@@H](N=Cc1c(O)ccc2ccccc12)C(C)C)c1c[nH]c2ccccc12.[Ti]. The van der Waals surface area contributed by atoms with Gasteiger partial charge in [-0.1, -0.05) is 62.4 Å². The summed E-state index contributed by atoms with van der Waals surface area (Å²) < 4.78 is 4.98. The molecular formula is C33H45N3O7Ti. The fraction of sp³-hybridized carbons (Fsp3) is 0.364. The minimum atomic E-state index is -0.990. The Morgan fingerprint density at radius 2 is 1.45 bits per heavy atom. The number of carbonyl (C=O) groups excluding carboxylic acids is 2. The fourth-order valence-corrected chi connectivity index (χ4v) is 4.06. The second-order valence-corrected chi connectivity index (χ2v) is 9.39. The largest absolute Gasteiger partial charge is 0.507 e. The molecule has 6 N–H and O–H groups in total. The first-order valence-electron chi connectivity index (χ1n) is 14.2. The van der Waals surface area contributed by atoms with Crippen LogP contribution in [0.4, 0.5) is 0 Å². The molecule has 10 nitrogen and oxygen atoms in total. The summed E-state index contributed by atoms with van der Waals surface area (Å²) in [4.78, 5) is 33.6. The number of esters is 1. The van der Waals surface area contributed by atoms with Gasteiger partial charge in [0.05, 0.1) is 7.11 Å². The van der Waals surface area contributed by atoms with Gasteiger partial charge in [0.1, 0.15) is 11.8 Å². The van der Waals surface area contributed by atoms with Crippen LogP contribution in [0, 0.1) is 5.92 Å². The Morgan fingerprint density at radius 3 is 2.02 bits per heavy atom. The second-order valence-electron chi connectivity index (χ2n) is 9.39. The van der Waals surface area contributed by atoms with Crippen molar-refractivity contribution in [1.82, 2.24) is 10.3 Å². The number of aliphatic hydroxyl groups excluding tert-OH is 3. The predicted octanol–water partition coefficient (Wildman–Crippen LogP) is 4.49. The molecule has 0 bridgehead atoms. The molecule has 0 spiro atoms. The number of aliphatic imine (C=N–C) groups is 1. The molecule has 0 saturated carbocycles. The zero-order valence-electron chi connectivity index (χ0n) is 26.2. The quantitative estimate of drug-likeness (QED) is 0.0981. The Balaban J connectivity index is 0.00000165. The van der Waals surface area contributed by atoms with Crippen LogP contribution in [0.1, 0.15) is 51.8 Å². The standard InChI is InChI=1S/C27H27N3O4.3C2H6O.Ti/c1-16(2)24(29-14-20-18-9-5-4-8-17(18)12-13-23(20)31)26(32)30-25(27(33)34-3)21-15-28-22-11-7-6-10-19(21)22;3*1-2-3;/h4-16,24-25,28,31H,1-3H3,(H,30,32);3*3H,2H2,1H3;/t24-,25-;;;;/m0..../s1. The monoisotopic (exact) mass is 643 g/mol. The van der Waals surface area contributed by atoms with Crippen LogP contribution in [0.3, 0.4) is 0 Å². The number of aromatic amines is 1. The normalized spacial score (nSPS) is 11.6. The molecule has 4 aromatic rings. The number of fused-ring (bicyclic) bond motifs is 2. The van der Waals surface area contributed by atoms with E-state index in [0.717, 1.165) is 21.7 Å². The summed E-state index contributed by atoms with van der Waals surface area (Å²) in [6.45, 7) is 9.55. The molecule has 2 atom stereocenters. The molecule has 0 saturated heterocycles. The number of carbonyl (C=O) groups is 2. The number of para-hydroxylation sites is 1. The van der Waals surface area contributed by atoms with E-state index >= 15 is 0 Å². The number of hydrogen-bond donors (Lipinski definition) is 6. The topological polar surface area (TPSA) is 164 Å². The summed E-state index contributed by atoms with van der Waals surface area (Å²) >= 11 is 0. The smallest absolute Gasteiger partial charge is 0.333 e. The molecule has 4 rings (SSSR count). The number of phenols is 1. The Morgan fingerprint density at radius 1 is 0.909 bits per heavy atom. The Bertz CT molecular complexity index is 1430. The van der Waals surface area contributed by atoms with Crippen molar-refractivity contribution >= 4 is 39.8 Å². The number of hydrogen-bond acceptors (Lipinski definition) is 8. The van der Waals surface area contributed by atoms with Crippen molar-refractivity contribution in [3.05, 3.63) is 78.0 Å². The van der Waals surface area contributed by atoms with Gasteiger partial charge in [-0.2, -0.15) is 0 Å². The first kappa shape index (κ1) is 40.5. The summed E-state index contributed by atoms with van der Waals surface area (Å²) in [5.74, 6) is -1.06. The van der Waals surface area contributed by atoms with Crippen LogP contribution in [0.25, 0.3) is 21.7 Å². The molecule has 1 amide bonds. The number of aromatic hydroxyl groups is 1. The number of phenolic OH excluding ortho intramolecular Hbond substituents is 1. The van der Waals surface area contributed by atoms with E-state index in [9.17, 15) is 14.7 Å². The van der Waals surface area contributed by atoms with Gasteiger partial charge in [-0.3, -0.25) is 9.79 Å². The van der Waals surface area contributed by atoms with Gasteiger partial charge >= 0.3 is 5.97 Å². The second kappa shape index (κ2) is 22.0. The van der Waals surface area contributed by atoms with Crippen molar-refractivity contribution in [1.29, 1.82) is 0 Å². The molecule has 11 heteroatoms. The maximum atomic E-state index is 13.3. The Kier molecular flexibility index (Phi) is 20.3. The number of ether oxygens (including phenoxy) is 1. The minimum Gasteiger partial charge on any atom is -0.507 e. The third-order valence-electron chi connectivity index (χ3n) is 5.87. The molecular weight excluding hydrogens is 598 g/mol. The number of methoxy groups -OCH3 is 1. The third-order valence-corrected chi connectivity index (χ3v) is 5.87. The van der Waals surface area contributed by atoms with Crippen LogP contribution >= 0.6 is 0 Å². The maximum Gasteiger partial charge on any atom is 0.333 e. The molecule has 0 aliphatic rings. The summed E-state index contributed by atoms with van der Waals surface area (Å²) in [7, 11) is 1.29. The molecule has 0 fully saturated rings. The number of benzene rings is 3. The summed E-state index contributed by atoms with van der Waals surface area (Å²) in [6.07, 6.45) is 3.23.